The molecule has 2 aromatic heterocycles. The first-order valence-electron chi connectivity index (χ1n) is 9.76. The second-order valence-corrected chi connectivity index (χ2v) is 7.26. The van der Waals surface area contributed by atoms with Crippen molar-refractivity contribution in [3.8, 4) is 11.1 Å². The van der Waals surface area contributed by atoms with Crippen LogP contribution in [0.2, 0.25) is 0 Å². The molecule has 7 nitrogen and oxygen atoms in total. The maximum Gasteiger partial charge on any atom is 0.253 e. The van der Waals surface area contributed by atoms with Gasteiger partial charge in [0.2, 0.25) is 5.91 Å². The summed E-state index contributed by atoms with van der Waals surface area (Å²) in [5.74, 6) is -0.726. The predicted octanol–water partition coefficient (Wildman–Crippen LogP) is 3.42. The van der Waals surface area contributed by atoms with Crippen molar-refractivity contribution in [1.29, 1.82) is 0 Å². The van der Waals surface area contributed by atoms with Gasteiger partial charge in [0, 0.05) is 47.0 Å². The second-order valence-electron chi connectivity index (χ2n) is 7.26. The fraction of sp³-hybridized carbons (Fsp3) is 0.167. The van der Waals surface area contributed by atoms with Crippen LogP contribution in [0.15, 0.2) is 60.2 Å². The van der Waals surface area contributed by atoms with Crippen LogP contribution in [0, 0.1) is 20.8 Å². The van der Waals surface area contributed by atoms with Crippen LogP contribution < -0.4 is 16.2 Å². The van der Waals surface area contributed by atoms with Crippen molar-refractivity contribution in [3.63, 3.8) is 0 Å². The standard InChI is InChI=1S/C24H24N4O3/c1-5-22(29)28-21-11-18(17-7-6-8-25-12-17)10-19(16(21)4)23(30)26-13-20-14(2)9-15(3)27-24(20)31/h5-12H,1,13H2,2-4H3,(H,26,30)(H,27,31)(H,28,29). The number of carbonyl (C=O) groups is 2. The fourth-order valence-corrected chi connectivity index (χ4v) is 3.33. The number of H-pyrrole nitrogens is 1. The summed E-state index contributed by atoms with van der Waals surface area (Å²) in [4.78, 5) is 44.1. The minimum absolute atomic E-state index is 0.0885. The van der Waals surface area contributed by atoms with Crippen LogP contribution >= 0.6 is 0 Å². The maximum atomic E-state index is 13.0. The normalized spacial score (nSPS) is 10.4. The van der Waals surface area contributed by atoms with E-state index in [2.05, 4.69) is 27.2 Å². The molecular formula is C24H24N4O3. The highest BCUT2D eigenvalue weighted by atomic mass is 16.2. The van der Waals surface area contributed by atoms with Crippen molar-refractivity contribution >= 4 is 17.5 Å². The molecule has 158 valence electrons. The first-order chi connectivity index (χ1) is 14.8. The minimum Gasteiger partial charge on any atom is -0.348 e. The van der Waals surface area contributed by atoms with Gasteiger partial charge in [-0.05, 0) is 67.8 Å². The number of aromatic amines is 1. The number of amides is 2. The highest BCUT2D eigenvalue weighted by Gasteiger charge is 2.17. The Kier molecular flexibility index (Phi) is 6.45. The number of rotatable bonds is 6. The topological polar surface area (TPSA) is 104 Å². The van der Waals surface area contributed by atoms with Gasteiger partial charge in [0.1, 0.15) is 0 Å². The molecule has 2 amide bonds. The molecule has 7 heteroatoms. The van der Waals surface area contributed by atoms with Crippen molar-refractivity contribution in [2.24, 2.45) is 0 Å². The lowest BCUT2D eigenvalue weighted by atomic mass is 9.98. The third kappa shape index (κ3) is 4.95. The Morgan fingerprint density at radius 1 is 1.16 bits per heavy atom. The number of pyridine rings is 2. The fourth-order valence-electron chi connectivity index (χ4n) is 3.33. The molecule has 2 heterocycles. The first-order valence-corrected chi connectivity index (χ1v) is 9.76. The Bertz CT molecular complexity index is 1210. The van der Waals surface area contributed by atoms with Crippen molar-refractivity contribution in [1.82, 2.24) is 15.3 Å². The molecule has 1 aromatic carbocycles. The van der Waals surface area contributed by atoms with Crippen LogP contribution in [0.5, 0.6) is 0 Å². The predicted molar refractivity (Wildman–Crippen MR) is 121 cm³/mol. The smallest absolute Gasteiger partial charge is 0.253 e. The summed E-state index contributed by atoms with van der Waals surface area (Å²) in [5.41, 5.74) is 4.88. The van der Waals surface area contributed by atoms with Crippen molar-refractivity contribution < 1.29 is 9.59 Å². The first kappa shape index (κ1) is 21.7. The lowest BCUT2D eigenvalue weighted by Gasteiger charge is -2.15. The molecule has 0 bridgehead atoms. The number of anilines is 1. The second kappa shape index (κ2) is 9.21. The van der Waals surface area contributed by atoms with Gasteiger partial charge in [-0.1, -0.05) is 12.6 Å². The highest BCUT2D eigenvalue weighted by molar-refractivity contribution is 6.03. The molecule has 0 unspecified atom stereocenters. The average Bonchev–Trinajstić information content (AvgIpc) is 2.74. The molecule has 31 heavy (non-hydrogen) atoms. The molecule has 0 radical (unpaired) electrons. The minimum atomic E-state index is -0.375. The quantitative estimate of drug-likeness (QED) is 0.536. The molecular weight excluding hydrogens is 392 g/mol. The Labute approximate surface area is 180 Å². The largest absolute Gasteiger partial charge is 0.348 e. The van der Waals surface area contributed by atoms with E-state index in [0.717, 1.165) is 22.4 Å². The Morgan fingerprint density at radius 3 is 2.58 bits per heavy atom. The van der Waals surface area contributed by atoms with E-state index < -0.39 is 0 Å². The van der Waals surface area contributed by atoms with Gasteiger partial charge in [0.15, 0.2) is 0 Å². The van der Waals surface area contributed by atoms with E-state index in [0.29, 0.717) is 22.4 Å². The van der Waals surface area contributed by atoms with Gasteiger partial charge in [0.05, 0.1) is 0 Å². The van der Waals surface area contributed by atoms with E-state index in [1.807, 2.05) is 26.0 Å². The lowest BCUT2D eigenvalue weighted by Crippen LogP contribution is -2.28. The Hall–Kier alpha value is -4.00. The summed E-state index contributed by atoms with van der Waals surface area (Å²) < 4.78 is 0. The molecule has 3 N–H and O–H groups in total. The van der Waals surface area contributed by atoms with Crippen molar-refractivity contribution in [2.75, 3.05) is 5.32 Å². The monoisotopic (exact) mass is 416 g/mol. The molecule has 0 spiro atoms. The molecule has 0 aliphatic rings. The Balaban J connectivity index is 1.97. The van der Waals surface area contributed by atoms with Gasteiger partial charge in [-0.2, -0.15) is 0 Å². The third-order valence-electron chi connectivity index (χ3n) is 5.01. The number of hydrogen-bond acceptors (Lipinski definition) is 4. The van der Waals surface area contributed by atoms with Crippen LogP contribution in [0.4, 0.5) is 5.69 Å². The van der Waals surface area contributed by atoms with E-state index in [1.54, 1.807) is 37.5 Å². The summed E-state index contributed by atoms with van der Waals surface area (Å²) in [6.07, 6.45) is 4.51. The summed E-state index contributed by atoms with van der Waals surface area (Å²) in [7, 11) is 0. The van der Waals surface area contributed by atoms with Crippen LogP contribution in [0.25, 0.3) is 11.1 Å². The van der Waals surface area contributed by atoms with Gasteiger partial charge < -0.3 is 15.6 Å². The van der Waals surface area contributed by atoms with Gasteiger partial charge in [0.25, 0.3) is 11.5 Å². The zero-order chi connectivity index (χ0) is 22.5. The summed E-state index contributed by atoms with van der Waals surface area (Å²) in [5, 5.41) is 5.57. The molecule has 3 aromatic rings. The molecule has 0 saturated carbocycles. The van der Waals surface area contributed by atoms with Crippen molar-refractivity contribution in [3.05, 3.63) is 93.7 Å². The Morgan fingerprint density at radius 2 is 1.94 bits per heavy atom. The van der Waals surface area contributed by atoms with Crippen LogP contribution in [0.1, 0.15) is 32.7 Å². The molecule has 3 rings (SSSR count). The van der Waals surface area contributed by atoms with E-state index in [4.69, 9.17) is 0 Å². The number of benzene rings is 1. The summed E-state index contributed by atoms with van der Waals surface area (Å²) in [6.45, 7) is 8.96. The third-order valence-corrected chi connectivity index (χ3v) is 5.01. The zero-order valence-electron chi connectivity index (χ0n) is 17.7. The van der Waals surface area contributed by atoms with Gasteiger partial charge in [-0.3, -0.25) is 19.4 Å². The molecule has 0 fully saturated rings. The van der Waals surface area contributed by atoms with Crippen LogP contribution in [-0.2, 0) is 11.3 Å². The molecule has 0 aliphatic heterocycles. The maximum absolute atomic E-state index is 13.0. The number of aryl methyl sites for hydroxylation is 2. The number of hydrogen-bond donors (Lipinski definition) is 3. The van der Waals surface area contributed by atoms with Gasteiger partial charge in [-0.15, -0.1) is 0 Å². The van der Waals surface area contributed by atoms with Crippen molar-refractivity contribution in [2.45, 2.75) is 27.3 Å². The van der Waals surface area contributed by atoms with E-state index in [1.165, 1.54) is 6.08 Å². The van der Waals surface area contributed by atoms with E-state index >= 15 is 0 Å². The number of nitrogens with one attached hydrogen (secondary N) is 3. The van der Waals surface area contributed by atoms with Crippen LogP contribution in [-0.4, -0.2) is 21.8 Å². The van der Waals surface area contributed by atoms with Crippen LogP contribution in [0.3, 0.4) is 0 Å². The number of carbonyl (C=O) groups excluding carboxylic acids is 2. The highest BCUT2D eigenvalue weighted by Crippen LogP contribution is 2.28. The van der Waals surface area contributed by atoms with Gasteiger partial charge in [-0.25, -0.2) is 0 Å². The van der Waals surface area contributed by atoms with E-state index in [-0.39, 0.29) is 23.9 Å². The summed E-state index contributed by atoms with van der Waals surface area (Å²) in [6, 6.07) is 9.06. The number of nitrogens with zero attached hydrogens (tertiary/aromatic N) is 1. The summed E-state index contributed by atoms with van der Waals surface area (Å²) >= 11 is 0. The SMILES string of the molecule is C=CC(=O)Nc1cc(-c2cccnc2)cc(C(=O)NCc2c(C)cc(C)[nH]c2=O)c1C. The average molecular weight is 416 g/mol. The molecule has 0 saturated heterocycles. The molecule has 0 aliphatic carbocycles. The lowest BCUT2D eigenvalue weighted by molar-refractivity contribution is -0.111. The van der Waals surface area contributed by atoms with E-state index in [9.17, 15) is 14.4 Å². The number of aromatic nitrogens is 2. The van der Waals surface area contributed by atoms with Gasteiger partial charge >= 0.3 is 0 Å². The zero-order valence-corrected chi connectivity index (χ0v) is 17.7. The molecule has 0 atom stereocenters.